The van der Waals surface area contributed by atoms with Gasteiger partial charge in [0.2, 0.25) is 5.13 Å². The fourth-order valence-electron chi connectivity index (χ4n) is 1.55. The molecule has 0 saturated carbocycles. The predicted octanol–water partition coefficient (Wildman–Crippen LogP) is 2.29. The number of rotatable bonds is 5. The molecule has 0 saturated heterocycles. The van der Waals surface area contributed by atoms with E-state index in [0.29, 0.717) is 23.7 Å². The minimum absolute atomic E-state index is 0.168. The molecule has 1 N–H and O–H groups in total. The summed E-state index contributed by atoms with van der Waals surface area (Å²) < 4.78 is 4.97. The van der Waals surface area contributed by atoms with Crippen molar-refractivity contribution in [3.63, 3.8) is 0 Å². The summed E-state index contributed by atoms with van der Waals surface area (Å²) in [6.45, 7) is 2.55. The molecule has 0 bridgehead atoms. The number of nitrogens with zero attached hydrogens (tertiary/aromatic N) is 2. The molecule has 2 aromatic rings. The first kappa shape index (κ1) is 13.6. The summed E-state index contributed by atoms with van der Waals surface area (Å²) in [6.07, 6.45) is 0.703. The van der Waals surface area contributed by atoms with E-state index in [9.17, 15) is 4.79 Å². The van der Waals surface area contributed by atoms with E-state index in [2.05, 4.69) is 15.5 Å². The number of nitrogens with one attached hydrogen (secondary N) is 1. The molecule has 6 heteroatoms. The lowest BCUT2D eigenvalue weighted by molar-refractivity contribution is 0.102. The van der Waals surface area contributed by atoms with Gasteiger partial charge in [-0.25, -0.2) is 0 Å². The first-order valence-electron chi connectivity index (χ1n) is 5.88. The average molecular weight is 277 g/mol. The molecule has 2 rings (SSSR count). The number of amides is 1. The second-order valence-electron chi connectivity index (χ2n) is 4.07. The van der Waals surface area contributed by atoms with Gasteiger partial charge < -0.3 is 4.74 Å². The summed E-state index contributed by atoms with van der Waals surface area (Å²) in [7, 11) is 1.64. The fraction of sp³-hybridized carbons (Fsp3) is 0.308. The van der Waals surface area contributed by atoms with Gasteiger partial charge in [-0.1, -0.05) is 29.0 Å². The minimum Gasteiger partial charge on any atom is -0.384 e. The van der Waals surface area contributed by atoms with E-state index < -0.39 is 0 Å². The van der Waals surface area contributed by atoms with Crippen LogP contribution in [0.4, 0.5) is 5.13 Å². The van der Waals surface area contributed by atoms with Crippen molar-refractivity contribution in [1.82, 2.24) is 10.2 Å². The smallest absolute Gasteiger partial charge is 0.257 e. The Bertz CT molecular complexity index is 569. The number of hydrogen-bond donors (Lipinski definition) is 1. The van der Waals surface area contributed by atoms with Gasteiger partial charge in [0.25, 0.3) is 5.91 Å². The van der Waals surface area contributed by atoms with Crippen LogP contribution < -0.4 is 5.32 Å². The van der Waals surface area contributed by atoms with E-state index in [-0.39, 0.29) is 5.91 Å². The Morgan fingerprint density at radius 2 is 2.26 bits per heavy atom. The van der Waals surface area contributed by atoms with Gasteiger partial charge in [-0.15, -0.1) is 10.2 Å². The number of anilines is 1. The molecule has 0 unspecified atom stereocenters. The molecule has 0 atom stereocenters. The molecular formula is C13H15N3O2S. The summed E-state index contributed by atoms with van der Waals surface area (Å²) in [5, 5.41) is 12.0. The summed E-state index contributed by atoms with van der Waals surface area (Å²) in [6, 6.07) is 7.41. The van der Waals surface area contributed by atoms with E-state index in [1.165, 1.54) is 11.3 Å². The van der Waals surface area contributed by atoms with Crippen molar-refractivity contribution in [2.24, 2.45) is 0 Å². The molecule has 1 aromatic heterocycles. The average Bonchev–Trinajstić information content (AvgIpc) is 2.84. The van der Waals surface area contributed by atoms with Crippen LogP contribution in [0.25, 0.3) is 0 Å². The van der Waals surface area contributed by atoms with Gasteiger partial charge in [0.05, 0.1) is 6.61 Å². The van der Waals surface area contributed by atoms with Gasteiger partial charge in [0.1, 0.15) is 5.01 Å². The number of ether oxygens (including phenoxy) is 1. The van der Waals surface area contributed by atoms with Crippen LogP contribution in [0.15, 0.2) is 24.3 Å². The molecule has 1 heterocycles. The molecule has 1 amide bonds. The van der Waals surface area contributed by atoms with E-state index in [0.717, 1.165) is 10.6 Å². The summed E-state index contributed by atoms with van der Waals surface area (Å²) in [5.74, 6) is -0.168. The molecule has 0 aliphatic heterocycles. The Kier molecular flexibility index (Phi) is 4.59. The Labute approximate surface area is 115 Å². The highest BCUT2D eigenvalue weighted by Crippen LogP contribution is 2.17. The molecule has 19 heavy (non-hydrogen) atoms. The molecule has 0 radical (unpaired) electrons. The fourth-order valence-corrected chi connectivity index (χ4v) is 2.27. The second kappa shape index (κ2) is 6.40. The number of aryl methyl sites for hydroxylation is 1. The maximum atomic E-state index is 12.0. The standard InChI is InChI=1S/C13H15N3O2S/c1-9-4-3-5-10(8-9)12(17)14-13-16-15-11(19-13)6-7-18-2/h3-5,8H,6-7H2,1-2H3,(H,14,16,17). The lowest BCUT2D eigenvalue weighted by Gasteiger charge is -2.01. The van der Waals surface area contributed by atoms with Gasteiger partial charge in [0.15, 0.2) is 0 Å². The lowest BCUT2D eigenvalue weighted by Crippen LogP contribution is -2.11. The Balaban J connectivity index is 2.00. The summed E-state index contributed by atoms with van der Waals surface area (Å²) in [5.41, 5.74) is 1.67. The number of carbonyl (C=O) groups excluding carboxylic acids is 1. The van der Waals surface area contributed by atoms with Crippen molar-refractivity contribution in [2.75, 3.05) is 19.0 Å². The van der Waals surface area contributed by atoms with Crippen LogP contribution in [0.3, 0.4) is 0 Å². The minimum atomic E-state index is -0.168. The Morgan fingerprint density at radius 1 is 1.42 bits per heavy atom. The van der Waals surface area contributed by atoms with Gasteiger partial charge >= 0.3 is 0 Å². The highest BCUT2D eigenvalue weighted by atomic mass is 32.1. The van der Waals surface area contributed by atoms with Crippen molar-refractivity contribution >= 4 is 22.4 Å². The SMILES string of the molecule is COCCc1nnc(NC(=O)c2cccc(C)c2)s1. The molecule has 0 aliphatic rings. The second-order valence-corrected chi connectivity index (χ2v) is 5.13. The molecule has 0 fully saturated rings. The van der Waals surface area contributed by atoms with Gasteiger partial charge in [0, 0.05) is 19.1 Å². The van der Waals surface area contributed by atoms with Crippen molar-refractivity contribution in [3.8, 4) is 0 Å². The van der Waals surface area contributed by atoms with Crippen LogP contribution in [0.5, 0.6) is 0 Å². The zero-order valence-corrected chi connectivity index (χ0v) is 11.7. The van der Waals surface area contributed by atoms with Crippen LogP contribution in [0.1, 0.15) is 20.9 Å². The topological polar surface area (TPSA) is 64.1 Å². The lowest BCUT2D eigenvalue weighted by atomic mass is 10.1. The van der Waals surface area contributed by atoms with Gasteiger partial charge in [-0.2, -0.15) is 0 Å². The number of methoxy groups -OCH3 is 1. The van der Waals surface area contributed by atoms with Crippen LogP contribution in [-0.2, 0) is 11.2 Å². The Morgan fingerprint density at radius 3 is 3.00 bits per heavy atom. The third-order valence-electron chi connectivity index (χ3n) is 2.49. The quantitative estimate of drug-likeness (QED) is 0.910. The number of carbonyl (C=O) groups is 1. The largest absolute Gasteiger partial charge is 0.384 e. The van der Waals surface area contributed by atoms with Crippen LogP contribution >= 0.6 is 11.3 Å². The highest BCUT2D eigenvalue weighted by molar-refractivity contribution is 7.15. The summed E-state index contributed by atoms with van der Waals surface area (Å²) in [4.78, 5) is 12.0. The van der Waals surface area contributed by atoms with Crippen molar-refractivity contribution in [3.05, 3.63) is 40.4 Å². The number of aromatic nitrogens is 2. The van der Waals surface area contributed by atoms with E-state index in [1.807, 2.05) is 25.1 Å². The summed E-state index contributed by atoms with van der Waals surface area (Å²) >= 11 is 1.37. The molecule has 1 aromatic carbocycles. The highest BCUT2D eigenvalue weighted by Gasteiger charge is 2.10. The monoisotopic (exact) mass is 277 g/mol. The molecule has 100 valence electrons. The molecular weight excluding hydrogens is 262 g/mol. The number of hydrogen-bond acceptors (Lipinski definition) is 5. The normalized spacial score (nSPS) is 10.4. The Hall–Kier alpha value is -1.79. The predicted molar refractivity (Wildman–Crippen MR) is 74.6 cm³/mol. The number of benzene rings is 1. The molecule has 5 nitrogen and oxygen atoms in total. The van der Waals surface area contributed by atoms with Crippen LogP contribution in [0, 0.1) is 6.92 Å². The van der Waals surface area contributed by atoms with Gasteiger partial charge in [-0.3, -0.25) is 10.1 Å². The maximum Gasteiger partial charge on any atom is 0.257 e. The first-order chi connectivity index (χ1) is 9.19. The zero-order valence-electron chi connectivity index (χ0n) is 10.8. The first-order valence-corrected chi connectivity index (χ1v) is 6.70. The van der Waals surface area contributed by atoms with Gasteiger partial charge in [-0.05, 0) is 19.1 Å². The van der Waals surface area contributed by atoms with Crippen molar-refractivity contribution < 1.29 is 9.53 Å². The zero-order chi connectivity index (χ0) is 13.7. The molecule has 0 aliphatic carbocycles. The van der Waals surface area contributed by atoms with Crippen LogP contribution in [-0.4, -0.2) is 29.8 Å². The third-order valence-corrected chi connectivity index (χ3v) is 3.39. The van der Waals surface area contributed by atoms with Crippen molar-refractivity contribution in [1.29, 1.82) is 0 Å². The molecule has 0 spiro atoms. The third kappa shape index (κ3) is 3.84. The van der Waals surface area contributed by atoms with E-state index in [4.69, 9.17) is 4.74 Å². The van der Waals surface area contributed by atoms with Crippen LogP contribution in [0.2, 0.25) is 0 Å². The van der Waals surface area contributed by atoms with Crippen molar-refractivity contribution in [2.45, 2.75) is 13.3 Å². The van der Waals surface area contributed by atoms with E-state index in [1.54, 1.807) is 13.2 Å². The maximum absolute atomic E-state index is 12.0. The van der Waals surface area contributed by atoms with E-state index >= 15 is 0 Å².